The van der Waals surface area contributed by atoms with Gasteiger partial charge in [0.2, 0.25) is 0 Å². The van der Waals surface area contributed by atoms with Gasteiger partial charge in [0, 0.05) is 5.57 Å². The van der Waals surface area contributed by atoms with Crippen LogP contribution in [-0.2, 0) is 9.36 Å². The highest BCUT2D eigenvalue weighted by Gasteiger charge is 2.47. The molecule has 6 heteroatoms. The zero-order valence-electron chi connectivity index (χ0n) is 11.7. The fourth-order valence-corrected chi connectivity index (χ4v) is 3.90. The number of hydrogen-bond acceptors (Lipinski definition) is 2. The highest BCUT2D eigenvalue weighted by Crippen LogP contribution is 2.59. The third kappa shape index (κ3) is 3.56. The van der Waals surface area contributed by atoms with Gasteiger partial charge in [-0.3, -0.25) is 4.57 Å². The number of carboxylic acid groups (broad SMARTS) is 1. The van der Waals surface area contributed by atoms with Crippen LogP contribution in [0.15, 0.2) is 23.8 Å². The lowest BCUT2D eigenvalue weighted by molar-refractivity contribution is -0.132. The summed E-state index contributed by atoms with van der Waals surface area (Å²) < 4.78 is 11.9. The van der Waals surface area contributed by atoms with Gasteiger partial charge in [0.1, 0.15) is 0 Å². The quantitative estimate of drug-likeness (QED) is 0.363. The molecule has 0 aliphatic carbocycles. The van der Waals surface area contributed by atoms with Crippen LogP contribution < -0.4 is 0 Å². The Morgan fingerprint density at radius 2 is 1.74 bits per heavy atom. The lowest BCUT2D eigenvalue weighted by Gasteiger charge is -2.36. The molecular weight excluding hydrogens is 267 g/mol. The van der Waals surface area contributed by atoms with Crippen molar-refractivity contribution in [1.82, 2.24) is 0 Å². The van der Waals surface area contributed by atoms with Gasteiger partial charge in [-0.25, -0.2) is 4.79 Å². The topological polar surface area (TPSA) is 94.8 Å². The molecule has 0 rings (SSSR count). The van der Waals surface area contributed by atoms with Crippen LogP contribution in [-0.4, -0.2) is 26.0 Å². The molecule has 0 saturated heterocycles. The first-order chi connectivity index (χ1) is 8.71. The van der Waals surface area contributed by atoms with Gasteiger partial charge in [-0.05, 0) is 31.3 Å². The highest BCUT2D eigenvalue weighted by atomic mass is 31.2. The first-order valence-electron chi connectivity index (χ1n) is 6.34. The van der Waals surface area contributed by atoms with Crippen molar-refractivity contribution in [2.75, 3.05) is 0 Å². The van der Waals surface area contributed by atoms with E-state index in [1.165, 1.54) is 6.08 Å². The summed E-state index contributed by atoms with van der Waals surface area (Å²) in [6, 6.07) is 0. The molecule has 110 valence electrons. The molecule has 5 nitrogen and oxygen atoms in total. The van der Waals surface area contributed by atoms with Gasteiger partial charge in [0.25, 0.3) is 0 Å². The second kappa shape index (κ2) is 7.04. The standard InChI is InChI=1S/C13H23O5P/c1-5-9-11(10(6-2)12(14)15)13(7-3,8-4)19(16,17)18/h5H,1,6-9H2,2-4H3,(H,14,15)(H2,16,17,18). The van der Waals surface area contributed by atoms with E-state index in [0.717, 1.165) is 0 Å². The van der Waals surface area contributed by atoms with E-state index in [1.54, 1.807) is 20.8 Å². The van der Waals surface area contributed by atoms with Crippen LogP contribution in [0.25, 0.3) is 0 Å². The lowest BCUT2D eigenvalue weighted by Crippen LogP contribution is -2.32. The minimum atomic E-state index is -4.47. The van der Waals surface area contributed by atoms with Gasteiger partial charge < -0.3 is 14.9 Å². The number of hydrogen-bond donors (Lipinski definition) is 3. The molecular formula is C13H23O5P. The van der Waals surface area contributed by atoms with Gasteiger partial charge in [-0.1, -0.05) is 26.8 Å². The Morgan fingerprint density at radius 1 is 1.26 bits per heavy atom. The zero-order chi connectivity index (χ0) is 15.3. The second-order valence-corrected chi connectivity index (χ2v) is 6.34. The Morgan fingerprint density at radius 3 is 1.95 bits per heavy atom. The molecule has 0 radical (unpaired) electrons. The van der Waals surface area contributed by atoms with Crippen LogP contribution in [0.3, 0.4) is 0 Å². The monoisotopic (exact) mass is 290 g/mol. The maximum absolute atomic E-state index is 11.9. The van der Waals surface area contributed by atoms with E-state index >= 15 is 0 Å². The third-order valence-corrected chi connectivity index (χ3v) is 5.63. The maximum atomic E-state index is 11.9. The van der Waals surface area contributed by atoms with Gasteiger partial charge in [-0.2, -0.15) is 0 Å². The average molecular weight is 290 g/mol. The summed E-state index contributed by atoms with van der Waals surface area (Å²) in [5, 5.41) is 7.83. The van der Waals surface area contributed by atoms with E-state index < -0.39 is 18.7 Å². The number of allylic oxidation sites excluding steroid dienone is 2. The Hall–Kier alpha value is -0.900. The average Bonchev–Trinajstić information content (AvgIpc) is 2.29. The third-order valence-electron chi connectivity index (χ3n) is 3.61. The van der Waals surface area contributed by atoms with Crippen molar-refractivity contribution in [3.63, 3.8) is 0 Å². The minimum absolute atomic E-state index is 0.0759. The van der Waals surface area contributed by atoms with E-state index in [1.807, 2.05) is 0 Å². The van der Waals surface area contributed by atoms with Gasteiger partial charge in [0.15, 0.2) is 0 Å². The highest BCUT2D eigenvalue weighted by molar-refractivity contribution is 7.53. The van der Waals surface area contributed by atoms with Crippen molar-refractivity contribution in [2.24, 2.45) is 0 Å². The predicted octanol–water partition coefficient (Wildman–Crippen LogP) is 3.09. The molecule has 0 fully saturated rings. The molecule has 0 unspecified atom stereocenters. The first-order valence-corrected chi connectivity index (χ1v) is 7.95. The van der Waals surface area contributed by atoms with E-state index in [9.17, 15) is 24.3 Å². The largest absolute Gasteiger partial charge is 0.478 e. The van der Waals surface area contributed by atoms with Crippen molar-refractivity contribution < 1.29 is 24.3 Å². The fraction of sp³-hybridized carbons (Fsp3) is 0.615. The first kappa shape index (κ1) is 18.1. The maximum Gasteiger partial charge on any atom is 0.335 e. The van der Waals surface area contributed by atoms with Crippen LogP contribution in [0.5, 0.6) is 0 Å². The van der Waals surface area contributed by atoms with Crippen molar-refractivity contribution in [1.29, 1.82) is 0 Å². The Balaban J connectivity index is 6.31. The van der Waals surface area contributed by atoms with Crippen molar-refractivity contribution in [3.8, 4) is 0 Å². The molecule has 0 amide bonds. The minimum Gasteiger partial charge on any atom is -0.478 e. The van der Waals surface area contributed by atoms with Gasteiger partial charge in [-0.15, -0.1) is 6.58 Å². The second-order valence-electron chi connectivity index (χ2n) is 4.39. The molecule has 3 N–H and O–H groups in total. The summed E-state index contributed by atoms with van der Waals surface area (Å²) in [5.41, 5.74) is 0.378. The number of aliphatic carboxylic acids is 1. The summed E-state index contributed by atoms with van der Waals surface area (Å²) >= 11 is 0. The number of rotatable bonds is 8. The summed E-state index contributed by atoms with van der Waals surface area (Å²) in [7, 11) is -4.47. The molecule has 0 heterocycles. The summed E-state index contributed by atoms with van der Waals surface area (Å²) in [6.45, 7) is 8.56. The van der Waals surface area contributed by atoms with Crippen LogP contribution in [0.1, 0.15) is 46.5 Å². The summed E-state index contributed by atoms with van der Waals surface area (Å²) in [5.74, 6) is -1.13. The smallest absolute Gasteiger partial charge is 0.335 e. The molecule has 0 atom stereocenters. The van der Waals surface area contributed by atoms with E-state index in [2.05, 4.69) is 6.58 Å². The molecule has 0 aliphatic heterocycles. The van der Waals surface area contributed by atoms with Crippen LogP contribution in [0, 0.1) is 0 Å². The fourth-order valence-electron chi connectivity index (χ4n) is 2.50. The SMILES string of the molecule is C=CCC(=C(CC)C(=O)O)C(CC)(CC)P(=O)(O)O. The zero-order valence-corrected chi connectivity index (χ0v) is 12.6. The van der Waals surface area contributed by atoms with Crippen LogP contribution in [0.2, 0.25) is 0 Å². The molecule has 0 spiro atoms. The van der Waals surface area contributed by atoms with E-state index in [0.29, 0.717) is 5.57 Å². The van der Waals surface area contributed by atoms with Crippen LogP contribution >= 0.6 is 7.60 Å². The molecule has 0 bridgehead atoms. The summed E-state index contributed by atoms with van der Waals surface area (Å²) in [4.78, 5) is 30.7. The van der Waals surface area contributed by atoms with Crippen molar-refractivity contribution in [3.05, 3.63) is 23.8 Å². The molecule has 0 aliphatic rings. The van der Waals surface area contributed by atoms with E-state index in [4.69, 9.17) is 0 Å². The molecule has 0 aromatic heterocycles. The molecule has 0 aromatic rings. The normalized spacial score (nSPS) is 13.9. The lowest BCUT2D eigenvalue weighted by atomic mass is 9.85. The van der Waals surface area contributed by atoms with Crippen LogP contribution in [0.4, 0.5) is 0 Å². The van der Waals surface area contributed by atoms with Crippen molar-refractivity contribution >= 4 is 13.6 Å². The molecule has 19 heavy (non-hydrogen) atoms. The summed E-state index contributed by atoms with van der Waals surface area (Å²) in [6.07, 6.45) is 2.26. The Labute approximate surface area is 114 Å². The van der Waals surface area contributed by atoms with E-state index in [-0.39, 0.29) is 31.3 Å². The number of carbonyl (C=O) groups is 1. The molecule has 0 aromatic carbocycles. The number of carboxylic acids is 1. The Kier molecular flexibility index (Phi) is 6.70. The predicted molar refractivity (Wildman–Crippen MR) is 75.1 cm³/mol. The van der Waals surface area contributed by atoms with Gasteiger partial charge >= 0.3 is 13.6 Å². The van der Waals surface area contributed by atoms with Crippen molar-refractivity contribution in [2.45, 2.75) is 51.6 Å². The van der Waals surface area contributed by atoms with Gasteiger partial charge in [0.05, 0.1) is 5.16 Å². The Bertz CT molecular complexity index is 415. The molecule has 0 saturated carbocycles.